The number of hydrogen-bond donors (Lipinski definition) is 0. The molecule has 0 fully saturated rings. The SMILES string of the molecule is Cn1c(=O)oc2cc(C(Cl)c3ccc(Cl)c(Br)c3)ccc21. The molecule has 1 heterocycles. The predicted octanol–water partition coefficient (Wildman–Crippen LogP) is 4.88. The highest BCUT2D eigenvalue weighted by Gasteiger charge is 2.15. The van der Waals surface area contributed by atoms with Crippen LogP contribution in [0.4, 0.5) is 0 Å². The van der Waals surface area contributed by atoms with Gasteiger partial charge in [0.05, 0.1) is 15.9 Å². The molecule has 0 spiro atoms. The molecule has 1 unspecified atom stereocenters. The Labute approximate surface area is 139 Å². The molecule has 0 saturated carbocycles. The van der Waals surface area contributed by atoms with Crippen LogP contribution in [-0.4, -0.2) is 4.57 Å². The van der Waals surface area contributed by atoms with Crippen LogP contribution in [-0.2, 0) is 7.05 Å². The van der Waals surface area contributed by atoms with Crippen molar-refractivity contribution in [2.45, 2.75) is 5.38 Å². The van der Waals surface area contributed by atoms with E-state index in [1.807, 2.05) is 24.3 Å². The van der Waals surface area contributed by atoms with Gasteiger partial charge < -0.3 is 4.42 Å². The van der Waals surface area contributed by atoms with Gasteiger partial charge in [0.15, 0.2) is 5.58 Å². The van der Waals surface area contributed by atoms with Crippen LogP contribution in [0.15, 0.2) is 50.1 Å². The van der Waals surface area contributed by atoms with E-state index in [4.69, 9.17) is 27.6 Å². The Hall–Kier alpha value is -1.23. The molecule has 0 bridgehead atoms. The van der Waals surface area contributed by atoms with Gasteiger partial charge in [-0.15, -0.1) is 11.6 Å². The Bertz CT molecular complexity index is 885. The van der Waals surface area contributed by atoms with E-state index in [2.05, 4.69) is 15.9 Å². The zero-order chi connectivity index (χ0) is 15.1. The topological polar surface area (TPSA) is 35.1 Å². The summed E-state index contributed by atoms with van der Waals surface area (Å²) in [7, 11) is 1.67. The summed E-state index contributed by atoms with van der Waals surface area (Å²) in [5.41, 5.74) is 3.03. The first-order valence-corrected chi connectivity index (χ1v) is 7.76. The number of hydrogen-bond acceptors (Lipinski definition) is 2. The van der Waals surface area contributed by atoms with Crippen LogP contribution in [0, 0.1) is 0 Å². The van der Waals surface area contributed by atoms with E-state index in [0.29, 0.717) is 10.6 Å². The third kappa shape index (κ3) is 2.63. The average Bonchev–Trinajstić information content (AvgIpc) is 2.76. The van der Waals surface area contributed by atoms with Gasteiger partial charge in [0, 0.05) is 11.5 Å². The van der Waals surface area contributed by atoms with Crippen molar-refractivity contribution in [1.29, 1.82) is 0 Å². The highest BCUT2D eigenvalue weighted by atomic mass is 79.9. The third-order valence-electron chi connectivity index (χ3n) is 3.35. The van der Waals surface area contributed by atoms with Crippen LogP contribution >= 0.6 is 39.1 Å². The van der Waals surface area contributed by atoms with Crippen LogP contribution in [0.25, 0.3) is 11.1 Å². The lowest BCUT2D eigenvalue weighted by Crippen LogP contribution is -2.08. The Kier molecular flexibility index (Phi) is 3.86. The molecular formula is C15H10BrCl2NO2. The highest BCUT2D eigenvalue weighted by Crippen LogP contribution is 2.34. The Morgan fingerprint density at radius 3 is 2.57 bits per heavy atom. The number of fused-ring (bicyclic) bond motifs is 1. The predicted molar refractivity (Wildman–Crippen MR) is 88.3 cm³/mol. The number of aromatic nitrogens is 1. The first kappa shape index (κ1) is 14.7. The molecule has 0 N–H and O–H groups in total. The molecule has 3 nitrogen and oxygen atoms in total. The monoisotopic (exact) mass is 385 g/mol. The number of aryl methyl sites for hydroxylation is 1. The maximum Gasteiger partial charge on any atom is 0.419 e. The number of halogens is 3. The summed E-state index contributed by atoms with van der Waals surface area (Å²) in [4.78, 5) is 11.5. The van der Waals surface area contributed by atoms with Gasteiger partial charge in [-0.3, -0.25) is 4.57 Å². The molecule has 0 aliphatic carbocycles. The second kappa shape index (κ2) is 5.52. The summed E-state index contributed by atoms with van der Waals surface area (Å²) in [6.45, 7) is 0. The van der Waals surface area contributed by atoms with Crippen molar-refractivity contribution in [3.63, 3.8) is 0 Å². The lowest BCUT2D eigenvalue weighted by atomic mass is 10.0. The van der Waals surface area contributed by atoms with Crippen LogP contribution in [0.3, 0.4) is 0 Å². The molecule has 0 saturated heterocycles. The van der Waals surface area contributed by atoms with E-state index in [-0.39, 0.29) is 11.1 Å². The fraction of sp³-hybridized carbons (Fsp3) is 0.133. The Balaban J connectivity index is 2.06. The third-order valence-corrected chi connectivity index (χ3v) is 5.06. The smallest absolute Gasteiger partial charge is 0.408 e. The first-order chi connectivity index (χ1) is 9.97. The van der Waals surface area contributed by atoms with Crippen LogP contribution < -0.4 is 5.76 Å². The van der Waals surface area contributed by atoms with Gasteiger partial charge in [0.1, 0.15) is 0 Å². The highest BCUT2D eigenvalue weighted by molar-refractivity contribution is 9.10. The molecule has 0 amide bonds. The molecule has 21 heavy (non-hydrogen) atoms. The van der Waals surface area contributed by atoms with Crippen molar-refractivity contribution in [2.75, 3.05) is 0 Å². The minimum Gasteiger partial charge on any atom is -0.408 e. The molecule has 3 aromatic rings. The van der Waals surface area contributed by atoms with E-state index in [9.17, 15) is 4.79 Å². The summed E-state index contributed by atoms with van der Waals surface area (Å²) in [6.07, 6.45) is 0. The number of oxazole rings is 1. The second-order valence-corrected chi connectivity index (χ2v) is 6.39. The van der Waals surface area contributed by atoms with Gasteiger partial charge in [-0.25, -0.2) is 4.79 Å². The average molecular weight is 387 g/mol. The summed E-state index contributed by atoms with van der Waals surface area (Å²) in [6, 6.07) is 11.0. The molecular weight excluding hydrogens is 377 g/mol. The standard InChI is InChI=1S/C15H10BrCl2NO2/c1-19-12-5-3-9(7-13(12)21-15(19)20)14(18)8-2-4-11(17)10(16)6-8/h2-7,14H,1H3. The lowest BCUT2D eigenvalue weighted by Gasteiger charge is -2.11. The normalized spacial score (nSPS) is 12.8. The van der Waals surface area contributed by atoms with Crippen molar-refractivity contribution in [3.05, 3.63) is 67.6 Å². The largest absolute Gasteiger partial charge is 0.419 e. The molecule has 3 rings (SSSR count). The summed E-state index contributed by atoms with van der Waals surface area (Å²) >= 11 is 15.9. The number of alkyl halides is 1. The summed E-state index contributed by atoms with van der Waals surface area (Å²) < 4.78 is 7.44. The second-order valence-electron chi connectivity index (χ2n) is 4.69. The van der Waals surface area contributed by atoms with E-state index in [0.717, 1.165) is 21.1 Å². The van der Waals surface area contributed by atoms with Gasteiger partial charge >= 0.3 is 5.76 Å². The number of nitrogens with zero attached hydrogens (tertiary/aromatic N) is 1. The van der Waals surface area contributed by atoms with Crippen LogP contribution in [0.1, 0.15) is 16.5 Å². The fourth-order valence-corrected chi connectivity index (χ4v) is 2.96. The molecule has 6 heteroatoms. The summed E-state index contributed by atoms with van der Waals surface area (Å²) in [5.74, 6) is -0.387. The molecule has 0 aliphatic heterocycles. The van der Waals surface area contributed by atoms with E-state index < -0.39 is 0 Å². The number of rotatable bonds is 2. The van der Waals surface area contributed by atoms with Crippen molar-refractivity contribution in [3.8, 4) is 0 Å². The Morgan fingerprint density at radius 2 is 1.86 bits per heavy atom. The summed E-state index contributed by atoms with van der Waals surface area (Å²) in [5, 5.41) is 0.278. The minimum atomic E-state index is -0.387. The number of benzene rings is 2. The molecule has 108 valence electrons. The van der Waals surface area contributed by atoms with Gasteiger partial charge in [0.25, 0.3) is 0 Å². The van der Waals surface area contributed by atoms with E-state index >= 15 is 0 Å². The van der Waals surface area contributed by atoms with Crippen molar-refractivity contribution in [2.24, 2.45) is 7.05 Å². The molecule has 2 aromatic carbocycles. The van der Waals surface area contributed by atoms with Crippen molar-refractivity contribution < 1.29 is 4.42 Å². The van der Waals surface area contributed by atoms with E-state index in [1.165, 1.54) is 4.57 Å². The van der Waals surface area contributed by atoms with Gasteiger partial charge in [0.2, 0.25) is 0 Å². The zero-order valence-electron chi connectivity index (χ0n) is 10.9. The lowest BCUT2D eigenvalue weighted by molar-refractivity contribution is 0.528. The maximum atomic E-state index is 11.5. The zero-order valence-corrected chi connectivity index (χ0v) is 14.0. The van der Waals surface area contributed by atoms with Gasteiger partial charge in [-0.05, 0) is 51.3 Å². The first-order valence-electron chi connectivity index (χ1n) is 6.16. The molecule has 0 aliphatic rings. The van der Waals surface area contributed by atoms with Gasteiger partial charge in [-0.1, -0.05) is 23.7 Å². The van der Waals surface area contributed by atoms with E-state index in [1.54, 1.807) is 19.2 Å². The quantitative estimate of drug-likeness (QED) is 0.588. The molecule has 1 atom stereocenters. The van der Waals surface area contributed by atoms with Gasteiger partial charge in [-0.2, -0.15) is 0 Å². The van der Waals surface area contributed by atoms with Crippen molar-refractivity contribution >= 4 is 50.2 Å². The molecule has 1 aromatic heterocycles. The minimum absolute atomic E-state index is 0.353. The van der Waals surface area contributed by atoms with Crippen molar-refractivity contribution in [1.82, 2.24) is 4.57 Å². The molecule has 0 radical (unpaired) electrons. The maximum absolute atomic E-state index is 11.5. The van der Waals surface area contributed by atoms with Crippen LogP contribution in [0.5, 0.6) is 0 Å². The Morgan fingerprint density at radius 1 is 1.19 bits per heavy atom. The fourth-order valence-electron chi connectivity index (χ4n) is 2.17. The van der Waals surface area contributed by atoms with Crippen LogP contribution in [0.2, 0.25) is 5.02 Å².